The molecule has 0 radical (unpaired) electrons. The summed E-state index contributed by atoms with van der Waals surface area (Å²) in [5, 5.41) is 0. The fraction of sp³-hybridized carbons (Fsp3) is 0.150. The summed E-state index contributed by atoms with van der Waals surface area (Å²) in [6.07, 6.45) is 1.72. The van der Waals surface area contributed by atoms with E-state index in [0.29, 0.717) is 27.1 Å². The van der Waals surface area contributed by atoms with E-state index in [1.807, 2.05) is 36.4 Å². The SMILES string of the molecule is COC(=O)COc1ccc(Br)cc1/C=C1\SC(=S)N(Cc2ccccc2)C1=O. The van der Waals surface area contributed by atoms with Gasteiger partial charge in [0.05, 0.1) is 18.6 Å². The van der Waals surface area contributed by atoms with Gasteiger partial charge in [0.1, 0.15) is 10.1 Å². The topological polar surface area (TPSA) is 55.8 Å². The molecular weight excluding hydrogens is 462 g/mol. The molecule has 1 aliphatic heterocycles. The molecule has 1 fully saturated rings. The molecule has 0 spiro atoms. The number of rotatable bonds is 6. The van der Waals surface area contributed by atoms with Crippen molar-refractivity contribution >= 4 is 62.2 Å². The van der Waals surface area contributed by atoms with Gasteiger partial charge in [-0.15, -0.1) is 0 Å². The highest BCUT2D eigenvalue weighted by molar-refractivity contribution is 9.10. The number of methoxy groups -OCH3 is 1. The largest absolute Gasteiger partial charge is 0.481 e. The molecule has 8 heteroatoms. The average Bonchev–Trinajstić information content (AvgIpc) is 2.95. The number of nitrogens with zero attached hydrogens (tertiary/aromatic N) is 1. The van der Waals surface area contributed by atoms with Crippen LogP contribution in [0.2, 0.25) is 0 Å². The summed E-state index contributed by atoms with van der Waals surface area (Å²) in [6.45, 7) is 0.209. The molecule has 1 heterocycles. The zero-order valence-corrected chi connectivity index (χ0v) is 18.1. The second-order valence-electron chi connectivity index (χ2n) is 5.80. The summed E-state index contributed by atoms with van der Waals surface area (Å²) in [7, 11) is 1.30. The van der Waals surface area contributed by atoms with Crippen LogP contribution in [0.25, 0.3) is 6.08 Å². The van der Waals surface area contributed by atoms with Crippen LogP contribution in [-0.4, -0.2) is 34.8 Å². The molecule has 1 aliphatic rings. The van der Waals surface area contributed by atoms with E-state index in [-0.39, 0.29) is 12.5 Å². The Balaban J connectivity index is 1.83. The first-order valence-electron chi connectivity index (χ1n) is 8.26. The van der Waals surface area contributed by atoms with Gasteiger partial charge in [-0.2, -0.15) is 0 Å². The normalized spacial score (nSPS) is 15.2. The van der Waals surface area contributed by atoms with E-state index >= 15 is 0 Å². The lowest BCUT2D eigenvalue weighted by Gasteiger charge is -2.14. The maximum absolute atomic E-state index is 12.9. The number of halogens is 1. The number of amides is 1. The predicted molar refractivity (Wildman–Crippen MR) is 117 cm³/mol. The third-order valence-electron chi connectivity index (χ3n) is 3.89. The number of thiocarbonyl (C=S) groups is 1. The van der Waals surface area contributed by atoms with Crippen LogP contribution < -0.4 is 4.74 Å². The summed E-state index contributed by atoms with van der Waals surface area (Å²) in [5.41, 5.74) is 1.67. The first-order valence-corrected chi connectivity index (χ1v) is 10.3. The molecule has 0 aromatic heterocycles. The van der Waals surface area contributed by atoms with E-state index in [2.05, 4.69) is 20.7 Å². The second kappa shape index (κ2) is 9.36. The minimum atomic E-state index is -0.483. The van der Waals surface area contributed by atoms with Crippen molar-refractivity contribution in [3.8, 4) is 5.75 Å². The quantitative estimate of drug-likeness (QED) is 0.349. The Labute approximate surface area is 180 Å². The Morgan fingerprint density at radius 1 is 1.25 bits per heavy atom. The van der Waals surface area contributed by atoms with Crippen molar-refractivity contribution in [2.75, 3.05) is 13.7 Å². The van der Waals surface area contributed by atoms with Gasteiger partial charge in [-0.25, -0.2) is 4.79 Å². The molecule has 0 atom stereocenters. The zero-order chi connectivity index (χ0) is 20.1. The van der Waals surface area contributed by atoms with Gasteiger partial charge in [0.2, 0.25) is 0 Å². The molecule has 1 saturated heterocycles. The molecule has 0 N–H and O–H groups in total. The van der Waals surface area contributed by atoms with E-state index in [0.717, 1.165) is 10.0 Å². The highest BCUT2D eigenvalue weighted by Crippen LogP contribution is 2.35. The summed E-state index contributed by atoms with van der Waals surface area (Å²) >= 11 is 10.1. The van der Waals surface area contributed by atoms with Crippen molar-refractivity contribution in [3.05, 3.63) is 69.0 Å². The Hall–Kier alpha value is -2.16. The third kappa shape index (κ3) is 5.01. The number of carbonyl (C=O) groups is 2. The molecule has 1 amide bonds. The predicted octanol–water partition coefficient (Wildman–Crippen LogP) is 4.40. The van der Waals surface area contributed by atoms with Crippen LogP contribution in [-0.2, 0) is 20.9 Å². The van der Waals surface area contributed by atoms with Gasteiger partial charge in [0.25, 0.3) is 5.91 Å². The first kappa shape index (κ1) is 20.6. The van der Waals surface area contributed by atoms with Crippen molar-refractivity contribution in [3.63, 3.8) is 0 Å². The fourth-order valence-electron chi connectivity index (χ4n) is 2.50. The fourth-order valence-corrected chi connectivity index (χ4v) is 4.13. The molecule has 0 unspecified atom stereocenters. The average molecular weight is 478 g/mol. The van der Waals surface area contributed by atoms with Crippen LogP contribution in [0.15, 0.2) is 57.9 Å². The van der Waals surface area contributed by atoms with Gasteiger partial charge >= 0.3 is 5.97 Å². The molecular formula is C20H16BrNO4S2. The van der Waals surface area contributed by atoms with E-state index in [9.17, 15) is 9.59 Å². The highest BCUT2D eigenvalue weighted by atomic mass is 79.9. The van der Waals surface area contributed by atoms with Crippen LogP contribution >= 0.6 is 39.9 Å². The second-order valence-corrected chi connectivity index (χ2v) is 8.39. The van der Waals surface area contributed by atoms with Crippen LogP contribution in [0, 0.1) is 0 Å². The van der Waals surface area contributed by atoms with Crippen molar-refractivity contribution in [2.45, 2.75) is 6.54 Å². The molecule has 2 aromatic carbocycles. The lowest BCUT2D eigenvalue weighted by molar-refractivity contribution is -0.142. The minimum absolute atomic E-state index is 0.155. The molecule has 0 saturated carbocycles. The van der Waals surface area contributed by atoms with Crippen LogP contribution in [0.1, 0.15) is 11.1 Å². The number of hydrogen-bond acceptors (Lipinski definition) is 6. The molecule has 5 nitrogen and oxygen atoms in total. The summed E-state index contributed by atoms with van der Waals surface area (Å²) in [6, 6.07) is 15.0. The molecule has 28 heavy (non-hydrogen) atoms. The molecule has 3 rings (SSSR count). The Bertz CT molecular complexity index is 946. The zero-order valence-electron chi connectivity index (χ0n) is 14.9. The van der Waals surface area contributed by atoms with E-state index in [1.165, 1.54) is 18.9 Å². The molecule has 0 bridgehead atoms. The minimum Gasteiger partial charge on any atom is -0.481 e. The summed E-state index contributed by atoms with van der Waals surface area (Å²) < 4.78 is 11.5. The maximum Gasteiger partial charge on any atom is 0.343 e. The number of hydrogen-bond donors (Lipinski definition) is 0. The van der Waals surface area contributed by atoms with Gasteiger partial charge in [0, 0.05) is 10.0 Å². The number of benzene rings is 2. The van der Waals surface area contributed by atoms with Gasteiger partial charge in [0.15, 0.2) is 6.61 Å². The number of thioether (sulfide) groups is 1. The Kier molecular flexibility index (Phi) is 6.88. The highest BCUT2D eigenvalue weighted by Gasteiger charge is 2.32. The molecule has 2 aromatic rings. The van der Waals surface area contributed by atoms with Gasteiger partial charge < -0.3 is 9.47 Å². The molecule has 0 aliphatic carbocycles. The first-order chi connectivity index (χ1) is 13.5. The maximum atomic E-state index is 12.9. The van der Waals surface area contributed by atoms with Crippen LogP contribution in [0.3, 0.4) is 0 Å². The van der Waals surface area contributed by atoms with E-state index in [1.54, 1.807) is 23.1 Å². The summed E-state index contributed by atoms with van der Waals surface area (Å²) in [4.78, 5) is 26.3. The van der Waals surface area contributed by atoms with E-state index in [4.69, 9.17) is 17.0 Å². The Morgan fingerprint density at radius 2 is 2.00 bits per heavy atom. The van der Waals surface area contributed by atoms with Crippen molar-refractivity contribution < 1.29 is 19.1 Å². The van der Waals surface area contributed by atoms with Crippen molar-refractivity contribution in [1.29, 1.82) is 0 Å². The Morgan fingerprint density at radius 3 is 2.71 bits per heavy atom. The number of esters is 1. The van der Waals surface area contributed by atoms with Gasteiger partial charge in [-0.05, 0) is 29.8 Å². The lowest BCUT2D eigenvalue weighted by Crippen LogP contribution is -2.27. The molecule has 144 valence electrons. The monoisotopic (exact) mass is 477 g/mol. The lowest BCUT2D eigenvalue weighted by atomic mass is 10.1. The van der Waals surface area contributed by atoms with Crippen LogP contribution in [0.5, 0.6) is 5.75 Å². The van der Waals surface area contributed by atoms with Gasteiger partial charge in [-0.3, -0.25) is 9.69 Å². The summed E-state index contributed by atoms with van der Waals surface area (Å²) in [5.74, 6) is -0.164. The third-order valence-corrected chi connectivity index (χ3v) is 5.76. The van der Waals surface area contributed by atoms with Gasteiger partial charge in [-0.1, -0.05) is 70.2 Å². The smallest absolute Gasteiger partial charge is 0.343 e. The van der Waals surface area contributed by atoms with Crippen molar-refractivity contribution in [1.82, 2.24) is 4.90 Å². The standard InChI is InChI=1S/C20H16BrNO4S2/c1-25-18(23)12-26-16-8-7-15(21)9-14(16)10-17-19(24)22(20(27)28-17)11-13-5-3-2-4-6-13/h2-10H,11-12H2,1H3/b17-10-. The van der Waals surface area contributed by atoms with Crippen LogP contribution in [0.4, 0.5) is 0 Å². The van der Waals surface area contributed by atoms with Crippen molar-refractivity contribution in [2.24, 2.45) is 0 Å². The number of ether oxygens (including phenoxy) is 2. The number of carbonyl (C=O) groups excluding carboxylic acids is 2. The van der Waals surface area contributed by atoms with E-state index < -0.39 is 5.97 Å².